The van der Waals surface area contributed by atoms with Gasteiger partial charge in [0.15, 0.2) is 0 Å². The molecule has 34 heavy (non-hydrogen) atoms. The van der Waals surface area contributed by atoms with E-state index in [0.717, 1.165) is 21.2 Å². The molecule has 1 amide bonds. The maximum Gasteiger partial charge on any atom is 0.264 e. The van der Waals surface area contributed by atoms with E-state index in [1.54, 1.807) is 24.3 Å². The number of aryl methyl sites for hydroxylation is 1. The summed E-state index contributed by atoms with van der Waals surface area (Å²) in [6.45, 7) is 6.23. The molecule has 0 aromatic heterocycles. The van der Waals surface area contributed by atoms with Crippen LogP contribution in [-0.2, 0) is 14.8 Å². The summed E-state index contributed by atoms with van der Waals surface area (Å²) in [5, 5.41) is 3.18. The lowest BCUT2D eigenvalue weighted by Gasteiger charge is -2.24. The van der Waals surface area contributed by atoms with Crippen LogP contribution in [0.15, 0.2) is 77.7 Å². The van der Waals surface area contributed by atoms with E-state index in [1.165, 1.54) is 24.3 Å². The van der Waals surface area contributed by atoms with Crippen molar-refractivity contribution in [2.45, 2.75) is 31.6 Å². The Morgan fingerprint density at radius 2 is 1.65 bits per heavy atom. The van der Waals surface area contributed by atoms with Gasteiger partial charge in [-0.05, 0) is 60.9 Å². The summed E-state index contributed by atoms with van der Waals surface area (Å²) < 4.78 is 33.7. The summed E-state index contributed by atoms with van der Waals surface area (Å²) in [7, 11) is -3.98. The average molecular weight is 501 g/mol. The Kier molecular flexibility index (Phi) is 8.58. The molecule has 1 N–H and O–H groups in total. The van der Waals surface area contributed by atoms with E-state index in [9.17, 15) is 13.2 Å². The Balaban J connectivity index is 1.69. The van der Waals surface area contributed by atoms with Gasteiger partial charge in [0.25, 0.3) is 10.0 Å². The minimum absolute atomic E-state index is 0.0545. The van der Waals surface area contributed by atoms with Crippen LogP contribution in [0, 0.1) is 6.92 Å². The van der Waals surface area contributed by atoms with Gasteiger partial charge in [0, 0.05) is 5.02 Å². The second kappa shape index (κ2) is 11.4. The highest BCUT2D eigenvalue weighted by Crippen LogP contribution is 2.26. The summed E-state index contributed by atoms with van der Waals surface area (Å²) >= 11 is 5.92. The van der Waals surface area contributed by atoms with E-state index in [0.29, 0.717) is 16.6 Å². The van der Waals surface area contributed by atoms with Gasteiger partial charge in [0.2, 0.25) is 5.91 Å². The maximum absolute atomic E-state index is 13.4. The second-order valence-electron chi connectivity index (χ2n) is 8.19. The molecule has 0 atom stereocenters. The molecule has 3 aromatic rings. The fourth-order valence-electron chi connectivity index (χ4n) is 3.39. The third kappa shape index (κ3) is 6.52. The van der Waals surface area contributed by atoms with Crippen LogP contribution >= 0.6 is 11.6 Å². The highest BCUT2D eigenvalue weighted by molar-refractivity contribution is 7.92. The van der Waals surface area contributed by atoms with Crippen molar-refractivity contribution in [1.29, 1.82) is 0 Å². The summed E-state index contributed by atoms with van der Waals surface area (Å²) in [5.41, 5.74) is 2.47. The quantitative estimate of drug-likeness (QED) is 0.390. The monoisotopic (exact) mass is 500 g/mol. The lowest BCUT2D eigenvalue weighted by molar-refractivity contribution is -0.119. The Morgan fingerprint density at radius 3 is 2.29 bits per heavy atom. The highest BCUT2D eigenvalue weighted by atomic mass is 35.5. The molecule has 180 valence electrons. The number of hydrogen-bond donors (Lipinski definition) is 1. The van der Waals surface area contributed by atoms with Crippen molar-refractivity contribution in [3.05, 3.63) is 88.9 Å². The van der Waals surface area contributed by atoms with Crippen molar-refractivity contribution in [3.8, 4) is 5.75 Å². The molecule has 0 aliphatic carbocycles. The number of para-hydroxylation sites is 1. The molecule has 3 aromatic carbocycles. The number of hydrogen-bond acceptors (Lipinski definition) is 4. The molecule has 0 aliphatic rings. The molecular weight excluding hydrogens is 472 g/mol. The minimum atomic E-state index is -3.98. The Bertz CT molecular complexity index is 1210. The zero-order valence-corrected chi connectivity index (χ0v) is 21.1. The van der Waals surface area contributed by atoms with Crippen LogP contribution in [0.1, 0.15) is 30.9 Å². The highest BCUT2D eigenvalue weighted by Gasteiger charge is 2.27. The number of amides is 1. The third-order valence-corrected chi connectivity index (χ3v) is 7.27. The molecule has 0 unspecified atom stereocenters. The molecule has 8 heteroatoms. The molecule has 6 nitrogen and oxygen atoms in total. The third-order valence-electron chi connectivity index (χ3n) is 5.23. The van der Waals surface area contributed by atoms with Crippen molar-refractivity contribution in [2.75, 3.05) is 24.0 Å². The van der Waals surface area contributed by atoms with Gasteiger partial charge in [-0.2, -0.15) is 0 Å². The number of carbonyl (C=O) groups excluding carboxylic acids is 1. The predicted molar refractivity (Wildman–Crippen MR) is 136 cm³/mol. The van der Waals surface area contributed by atoms with E-state index in [2.05, 4.69) is 19.2 Å². The van der Waals surface area contributed by atoms with E-state index < -0.39 is 15.9 Å². The van der Waals surface area contributed by atoms with Crippen LogP contribution < -0.4 is 14.4 Å². The van der Waals surface area contributed by atoms with Crippen LogP contribution in [0.2, 0.25) is 5.02 Å². The number of nitrogens with zero attached hydrogens (tertiary/aromatic N) is 1. The molecule has 0 saturated heterocycles. The standard InChI is InChI=1S/C26H29ClN2O4S/c1-19(2)24-6-4-5-7-25(24)33-17-16-28-26(30)18-29(22-12-8-20(3)9-13-22)34(31,32)23-14-10-21(27)11-15-23/h4-15,19H,16-18H2,1-3H3,(H,28,30). The first-order valence-corrected chi connectivity index (χ1v) is 12.8. The Morgan fingerprint density at radius 1 is 1.00 bits per heavy atom. The SMILES string of the molecule is Cc1ccc(N(CC(=O)NCCOc2ccccc2C(C)C)S(=O)(=O)c2ccc(Cl)cc2)cc1. The van der Waals surface area contributed by atoms with E-state index in [-0.39, 0.29) is 24.6 Å². The molecule has 3 rings (SSSR count). The molecule has 0 saturated carbocycles. The smallest absolute Gasteiger partial charge is 0.264 e. The zero-order chi connectivity index (χ0) is 24.7. The molecule has 0 radical (unpaired) electrons. The van der Waals surface area contributed by atoms with E-state index in [4.69, 9.17) is 16.3 Å². The Labute approximate surface area is 206 Å². The molecule has 0 fully saturated rings. The summed E-state index contributed by atoms with van der Waals surface area (Å²) in [6.07, 6.45) is 0. The van der Waals surface area contributed by atoms with Crippen molar-refractivity contribution in [3.63, 3.8) is 0 Å². The number of benzene rings is 3. The number of anilines is 1. The first-order chi connectivity index (χ1) is 16.2. The van der Waals surface area contributed by atoms with Gasteiger partial charge in [-0.25, -0.2) is 8.42 Å². The van der Waals surface area contributed by atoms with Crippen LogP contribution in [0.5, 0.6) is 5.75 Å². The number of ether oxygens (including phenoxy) is 1. The number of rotatable bonds is 10. The fraction of sp³-hybridized carbons (Fsp3) is 0.269. The van der Waals surface area contributed by atoms with Crippen LogP contribution in [-0.4, -0.2) is 34.0 Å². The van der Waals surface area contributed by atoms with Gasteiger partial charge in [-0.1, -0.05) is 61.3 Å². The van der Waals surface area contributed by atoms with Gasteiger partial charge in [-0.15, -0.1) is 0 Å². The second-order valence-corrected chi connectivity index (χ2v) is 10.5. The molecule has 0 spiro atoms. The van der Waals surface area contributed by atoms with Gasteiger partial charge < -0.3 is 10.1 Å². The molecule has 0 heterocycles. The summed E-state index contributed by atoms with van der Waals surface area (Å²) in [6, 6.07) is 20.6. The number of carbonyl (C=O) groups is 1. The van der Waals surface area contributed by atoms with Crippen molar-refractivity contribution in [1.82, 2.24) is 5.32 Å². The van der Waals surface area contributed by atoms with Crippen molar-refractivity contribution >= 4 is 33.2 Å². The van der Waals surface area contributed by atoms with Crippen LogP contribution in [0.4, 0.5) is 5.69 Å². The average Bonchev–Trinajstić information content (AvgIpc) is 2.81. The molecule has 0 bridgehead atoms. The normalized spacial score (nSPS) is 11.3. The van der Waals surface area contributed by atoms with Crippen molar-refractivity contribution < 1.29 is 17.9 Å². The van der Waals surface area contributed by atoms with E-state index >= 15 is 0 Å². The fourth-order valence-corrected chi connectivity index (χ4v) is 4.93. The molecule has 0 aliphatic heterocycles. The van der Waals surface area contributed by atoms with Crippen LogP contribution in [0.3, 0.4) is 0 Å². The zero-order valence-electron chi connectivity index (χ0n) is 19.5. The topological polar surface area (TPSA) is 75.7 Å². The number of nitrogens with one attached hydrogen (secondary N) is 1. The lowest BCUT2D eigenvalue weighted by atomic mass is 10.0. The number of halogens is 1. The van der Waals surface area contributed by atoms with Gasteiger partial charge in [0.1, 0.15) is 18.9 Å². The van der Waals surface area contributed by atoms with Gasteiger partial charge >= 0.3 is 0 Å². The Hall–Kier alpha value is -3.03. The van der Waals surface area contributed by atoms with E-state index in [1.807, 2.05) is 31.2 Å². The first-order valence-electron chi connectivity index (χ1n) is 11.0. The van der Waals surface area contributed by atoms with Crippen LogP contribution in [0.25, 0.3) is 0 Å². The minimum Gasteiger partial charge on any atom is -0.491 e. The number of sulfonamides is 1. The maximum atomic E-state index is 13.4. The van der Waals surface area contributed by atoms with Crippen molar-refractivity contribution in [2.24, 2.45) is 0 Å². The van der Waals surface area contributed by atoms with Gasteiger partial charge in [-0.3, -0.25) is 9.10 Å². The first kappa shape index (κ1) is 25.6. The lowest BCUT2D eigenvalue weighted by Crippen LogP contribution is -2.41. The summed E-state index contributed by atoms with van der Waals surface area (Å²) in [4.78, 5) is 12.8. The molecular formula is C26H29ClN2O4S. The van der Waals surface area contributed by atoms with Gasteiger partial charge in [0.05, 0.1) is 17.1 Å². The summed E-state index contributed by atoms with van der Waals surface area (Å²) in [5.74, 6) is 0.657. The predicted octanol–water partition coefficient (Wildman–Crippen LogP) is 5.16. The largest absolute Gasteiger partial charge is 0.491 e.